The highest BCUT2D eigenvalue weighted by molar-refractivity contribution is 6.31. The van der Waals surface area contributed by atoms with Gasteiger partial charge >= 0.3 is 12.1 Å². The smallest absolute Gasteiger partial charge is 0.422 e. The van der Waals surface area contributed by atoms with Crippen molar-refractivity contribution in [3.05, 3.63) is 64.7 Å². The van der Waals surface area contributed by atoms with E-state index in [1.807, 2.05) is 44.2 Å². The van der Waals surface area contributed by atoms with Crippen LogP contribution in [-0.4, -0.2) is 54.1 Å². The Morgan fingerprint density at radius 3 is 2.23 bits per heavy atom. The van der Waals surface area contributed by atoms with Gasteiger partial charge in [-0.1, -0.05) is 55.8 Å². The number of hydroxylamine groups is 1. The highest BCUT2D eigenvalue weighted by atomic mass is 35.5. The van der Waals surface area contributed by atoms with Crippen molar-refractivity contribution in [1.29, 1.82) is 0 Å². The standard InChI is InChI=1S/C32H43ClN4O6/c1-6-10-27(38)36-19-17-32(18-20-36,28(39)34-21-24-11-8-9-12-26(24)33)22-42-30(41)37(29(40)35-43-31(3,4)5)25-15-13-23(7-2)14-16-25/h8-9,11-16H,6-7,10,17-22H2,1-5H3,(H,34,39)(H,35,40). The summed E-state index contributed by atoms with van der Waals surface area (Å²) in [5, 5.41) is 3.47. The number of hydrogen-bond donors (Lipinski definition) is 2. The number of nitrogens with one attached hydrogen (secondary N) is 2. The molecule has 2 aromatic carbocycles. The first kappa shape index (κ1) is 33.9. The number of carbonyl (C=O) groups excluding carboxylic acids is 4. The summed E-state index contributed by atoms with van der Waals surface area (Å²) in [6.07, 6.45) is 1.56. The number of urea groups is 1. The molecule has 1 saturated heterocycles. The number of ether oxygens (including phenoxy) is 1. The Hall–Kier alpha value is -3.63. The maximum atomic E-state index is 13.7. The van der Waals surface area contributed by atoms with E-state index in [-0.39, 0.29) is 43.5 Å². The third kappa shape index (κ3) is 9.43. The van der Waals surface area contributed by atoms with E-state index in [0.717, 1.165) is 28.9 Å². The van der Waals surface area contributed by atoms with Crippen molar-refractivity contribution in [3.8, 4) is 0 Å². The molecule has 1 fully saturated rings. The van der Waals surface area contributed by atoms with Crippen LogP contribution in [0.5, 0.6) is 0 Å². The fourth-order valence-corrected chi connectivity index (χ4v) is 4.89. The van der Waals surface area contributed by atoms with Gasteiger partial charge < -0.3 is 15.0 Å². The summed E-state index contributed by atoms with van der Waals surface area (Å²) in [5.74, 6) is -0.288. The Bertz CT molecular complexity index is 1270. The molecule has 0 saturated carbocycles. The molecule has 0 unspecified atom stereocenters. The van der Waals surface area contributed by atoms with E-state index in [4.69, 9.17) is 21.2 Å². The number of nitrogens with zero attached hydrogens (tertiary/aromatic N) is 2. The third-order valence-electron chi connectivity index (χ3n) is 7.32. The SMILES string of the molecule is CCCC(=O)N1CCC(COC(=O)N(C(=O)NOC(C)(C)C)c2ccc(CC)cc2)(C(=O)NCc2ccccc2Cl)CC1. The molecule has 0 aromatic heterocycles. The second kappa shape index (κ2) is 15.2. The van der Waals surface area contributed by atoms with Crippen LogP contribution in [0.3, 0.4) is 0 Å². The summed E-state index contributed by atoms with van der Waals surface area (Å²) in [6, 6.07) is 13.3. The number of piperidine rings is 1. The molecule has 43 heavy (non-hydrogen) atoms. The van der Waals surface area contributed by atoms with Gasteiger partial charge in [-0.3, -0.25) is 14.4 Å². The molecule has 234 valence electrons. The Morgan fingerprint density at radius 2 is 1.65 bits per heavy atom. The van der Waals surface area contributed by atoms with Crippen LogP contribution < -0.4 is 15.7 Å². The number of carbonyl (C=O) groups is 4. The topological polar surface area (TPSA) is 117 Å². The number of halogens is 1. The summed E-state index contributed by atoms with van der Waals surface area (Å²) in [6.45, 7) is 9.82. The van der Waals surface area contributed by atoms with E-state index >= 15 is 0 Å². The molecule has 2 N–H and O–H groups in total. The number of anilines is 1. The van der Waals surface area contributed by atoms with Crippen molar-refractivity contribution in [2.75, 3.05) is 24.6 Å². The maximum absolute atomic E-state index is 13.7. The summed E-state index contributed by atoms with van der Waals surface area (Å²) in [4.78, 5) is 61.0. The van der Waals surface area contributed by atoms with Crippen molar-refractivity contribution in [1.82, 2.24) is 15.7 Å². The minimum atomic E-state index is -1.12. The normalized spacial score (nSPS) is 14.5. The number of likely N-dealkylation sites (tertiary alicyclic amines) is 1. The molecule has 2 aromatic rings. The number of aryl methyl sites for hydroxylation is 1. The second-order valence-electron chi connectivity index (χ2n) is 11.7. The Balaban J connectivity index is 1.82. The van der Waals surface area contributed by atoms with Gasteiger partial charge in [-0.2, -0.15) is 4.90 Å². The van der Waals surface area contributed by atoms with Crippen LogP contribution in [-0.2, 0) is 32.1 Å². The summed E-state index contributed by atoms with van der Waals surface area (Å²) in [5.41, 5.74) is 2.57. The monoisotopic (exact) mass is 614 g/mol. The van der Waals surface area contributed by atoms with Crippen LogP contribution in [0.2, 0.25) is 5.02 Å². The Morgan fingerprint density at radius 1 is 1.00 bits per heavy atom. The first-order valence-electron chi connectivity index (χ1n) is 14.7. The van der Waals surface area contributed by atoms with E-state index in [0.29, 0.717) is 24.5 Å². The van der Waals surface area contributed by atoms with Crippen molar-refractivity contribution >= 4 is 41.2 Å². The van der Waals surface area contributed by atoms with Gasteiger partial charge in [-0.05, 0) is 75.8 Å². The van der Waals surface area contributed by atoms with Crippen molar-refractivity contribution in [3.63, 3.8) is 0 Å². The van der Waals surface area contributed by atoms with E-state index in [9.17, 15) is 19.2 Å². The van der Waals surface area contributed by atoms with E-state index < -0.39 is 23.1 Å². The largest absolute Gasteiger partial charge is 0.448 e. The van der Waals surface area contributed by atoms with Gasteiger partial charge in [0.05, 0.1) is 16.7 Å². The lowest BCUT2D eigenvalue weighted by Crippen LogP contribution is -2.53. The highest BCUT2D eigenvalue weighted by Gasteiger charge is 2.44. The van der Waals surface area contributed by atoms with E-state index in [2.05, 4.69) is 10.8 Å². The molecule has 0 atom stereocenters. The van der Waals surface area contributed by atoms with E-state index in [1.54, 1.807) is 43.9 Å². The zero-order valence-electron chi connectivity index (χ0n) is 25.7. The average Bonchev–Trinajstić information content (AvgIpc) is 2.99. The molecule has 10 nitrogen and oxygen atoms in total. The lowest BCUT2D eigenvalue weighted by molar-refractivity contribution is -0.143. The van der Waals surface area contributed by atoms with Crippen molar-refractivity contribution < 1.29 is 28.8 Å². The molecule has 0 bridgehead atoms. The number of rotatable bonds is 10. The van der Waals surface area contributed by atoms with Crippen LogP contribution in [0.15, 0.2) is 48.5 Å². The molecule has 3 rings (SSSR count). The lowest BCUT2D eigenvalue weighted by Gasteiger charge is -2.40. The fourth-order valence-electron chi connectivity index (χ4n) is 4.69. The first-order chi connectivity index (χ1) is 20.4. The van der Waals surface area contributed by atoms with Crippen LogP contribution in [0.4, 0.5) is 15.3 Å². The van der Waals surface area contributed by atoms with Gasteiger partial charge in [0, 0.05) is 31.1 Å². The minimum Gasteiger partial charge on any atom is -0.448 e. The first-order valence-corrected chi connectivity index (χ1v) is 15.1. The molecular formula is C32H43ClN4O6. The van der Waals surface area contributed by atoms with Crippen LogP contribution in [0.25, 0.3) is 0 Å². The van der Waals surface area contributed by atoms with Gasteiger partial charge in [0.25, 0.3) is 0 Å². The molecular weight excluding hydrogens is 572 g/mol. The molecule has 1 heterocycles. The quantitative estimate of drug-likeness (QED) is 0.317. The molecule has 0 radical (unpaired) electrons. The molecule has 1 aliphatic heterocycles. The van der Waals surface area contributed by atoms with Gasteiger partial charge in [-0.15, -0.1) is 0 Å². The van der Waals surface area contributed by atoms with Crippen molar-refractivity contribution in [2.24, 2.45) is 5.41 Å². The summed E-state index contributed by atoms with van der Waals surface area (Å²) >= 11 is 6.29. The lowest BCUT2D eigenvalue weighted by atomic mass is 9.78. The van der Waals surface area contributed by atoms with Gasteiger partial charge in [-0.25, -0.2) is 15.1 Å². The summed E-state index contributed by atoms with van der Waals surface area (Å²) < 4.78 is 5.73. The number of benzene rings is 2. The fraction of sp³-hybridized carbons (Fsp3) is 0.500. The predicted molar refractivity (Wildman–Crippen MR) is 165 cm³/mol. The molecule has 5 amide bonds. The molecule has 0 aliphatic carbocycles. The third-order valence-corrected chi connectivity index (χ3v) is 7.69. The maximum Gasteiger partial charge on any atom is 0.422 e. The minimum absolute atomic E-state index is 0.0294. The zero-order chi connectivity index (χ0) is 31.6. The average molecular weight is 615 g/mol. The molecule has 11 heteroatoms. The highest BCUT2D eigenvalue weighted by Crippen LogP contribution is 2.34. The van der Waals surface area contributed by atoms with Crippen LogP contribution >= 0.6 is 11.6 Å². The predicted octanol–water partition coefficient (Wildman–Crippen LogP) is 6.01. The number of imide groups is 1. The van der Waals surface area contributed by atoms with Crippen molar-refractivity contribution in [2.45, 2.75) is 78.9 Å². The van der Waals surface area contributed by atoms with Crippen LogP contribution in [0.1, 0.15) is 71.4 Å². The molecule has 1 aliphatic rings. The van der Waals surface area contributed by atoms with Gasteiger partial charge in [0.2, 0.25) is 11.8 Å². The Kier molecular flexibility index (Phi) is 12.0. The summed E-state index contributed by atoms with van der Waals surface area (Å²) in [7, 11) is 0. The Labute approximate surface area is 259 Å². The second-order valence-corrected chi connectivity index (χ2v) is 12.1. The van der Waals surface area contributed by atoms with E-state index in [1.165, 1.54) is 0 Å². The van der Waals surface area contributed by atoms with Gasteiger partial charge in [0.15, 0.2) is 0 Å². The molecule has 0 spiro atoms. The number of hydrogen-bond acceptors (Lipinski definition) is 6. The van der Waals surface area contributed by atoms with Crippen LogP contribution in [0, 0.1) is 5.41 Å². The van der Waals surface area contributed by atoms with Gasteiger partial charge in [0.1, 0.15) is 6.61 Å². The zero-order valence-corrected chi connectivity index (χ0v) is 26.5. The number of amides is 5.